The topological polar surface area (TPSA) is 15.3 Å². The fraction of sp³-hybridized carbons (Fsp3) is 0.667. The Kier molecular flexibility index (Phi) is 6.70. The van der Waals surface area contributed by atoms with Crippen molar-refractivity contribution >= 4 is 0 Å². The molecule has 0 aromatic heterocycles. The molecule has 20 heavy (non-hydrogen) atoms. The lowest BCUT2D eigenvalue weighted by molar-refractivity contribution is 0.290. The maximum atomic E-state index is 3.82. The van der Waals surface area contributed by atoms with E-state index in [4.69, 9.17) is 0 Å². The molecule has 2 nitrogen and oxygen atoms in total. The lowest BCUT2D eigenvalue weighted by Crippen LogP contribution is -2.40. The summed E-state index contributed by atoms with van der Waals surface area (Å²) in [6.07, 6.45) is 1.22. The Morgan fingerprint density at radius 2 is 1.75 bits per heavy atom. The second kappa shape index (κ2) is 7.80. The van der Waals surface area contributed by atoms with Crippen LogP contribution in [0.3, 0.4) is 0 Å². The minimum atomic E-state index is 0.401. The van der Waals surface area contributed by atoms with Gasteiger partial charge in [-0.05, 0) is 58.3 Å². The molecule has 114 valence electrons. The molecule has 0 radical (unpaired) electrons. The Morgan fingerprint density at radius 3 is 2.30 bits per heavy atom. The van der Waals surface area contributed by atoms with Crippen LogP contribution in [0.1, 0.15) is 49.9 Å². The summed E-state index contributed by atoms with van der Waals surface area (Å²) in [5.41, 5.74) is 4.15. The van der Waals surface area contributed by atoms with E-state index in [1.165, 1.54) is 23.1 Å². The summed E-state index contributed by atoms with van der Waals surface area (Å²) in [5, 5.41) is 3.82. The molecule has 1 rings (SSSR count). The van der Waals surface area contributed by atoms with Crippen molar-refractivity contribution in [3.63, 3.8) is 0 Å². The first-order valence-corrected chi connectivity index (χ1v) is 7.77. The SMILES string of the molecule is Cc1ccc(C)c(C(C)NC(CC(C)C)CN(C)C)c1. The standard InChI is InChI=1S/C18H32N2/c1-13(2)10-17(12-20(6)7)19-16(5)18-11-14(3)8-9-15(18)4/h8-9,11,13,16-17,19H,10,12H2,1-7H3. The van der Waals surface area contributed by atoms with E-state index in [1.807, 2.05) is 0 Å². The molecule has 0 saturated carbocycles. The molecule has 0 spiro atoms. The zero-order chi connectivity index (χ0) is 15.3. The van der Waals surface area contributed by atoms with Gasteiger partial charge in [-0.2, -0.15) is 0 Å². The zero-order valence-electron chi connectivity index (χ0n) is 14.3. The Bertz CT molecular complexity index is 400. The van der Waals surface area contributed by atoms with Crippen molar-refractivity contribution < 1.29 is 0 Å². The fourth-order valence-electron chi connectivity index (χ4n) is 2.87. The molecule has 0 bridgehead atoms. The van der Waals surface area contributed by atoms with Gasteiger partial charge in [0.15, 0.2) is 0 Å². The minimum absolute atomic E-state index is 0.401. The second-order valence-corrected chi connectivity index (χ2v) is 6.84. The summed E-state index contributed by atoms with van der Waals surface area (Å²) in [7, 11) is 4.30. The van der Waals surface area contributed by atoms with Gasteiger partial charge in [0.05, 0.1) is 0 Å². The number of likely N-dealkylation sites (N-methyl/N-ethyl adjacent to an activating group) is 1. The smallest absolute Gasteiger partial charge is 0.0297 e. The maximum Gasteiger partial charge on any atom is 0.0297 e. The van der Waals surface area contributed by atoms with Crippen molar-refractivity contribution in [2.24, 2.45) is 5.92 Å². The normalized spacial score (nSPS) is 14.8. The van der Waals surface area contributed by atoms with Gasteiger partial charge in [-0.3, -0.25) is 0 Å². The maximum absolute atomic E-state index is 3.82. The van der Waals surface area contributed by atoms with E-state index in [0.717, 1.165) is 12.5 Å². The number of nitrogens with one attached hydrogen (secondary N) is 1. The summed E-state index contributed by atoms with van der Waals surface area (Å²) in [6, 6.07) is 7.68. The van der Waals surface area contributed by atoms with Crippen LogP contribution >= 0.6 is 0 Å². The predicted molar refractivity (Wildman–Crippen MR) is 89.3 cm³/mol. The third-order valence-corrected chi connectivity index (χ3v) is 3.73. The number of nitrogens with zero attached hydrogens (tertiary/aromatic N) is 1. The molecule has 0 saturated heterocycles. The number of hydrogen-bond donors (Lipinski definition) is 1. The van der Waals surface area contributed by atoms with Crippen LogP contribution in [-0.2, 0) is 0 Å². The van der Waals surface area contributed by atoms with Crippen molar-refractivity contribution in [1.29, 1.82) is 0 Å². The Labute approximate surface area is 125 Å². The van der Waals surface area contributed by atoms with E-state index in [-0.39, 0.29) is 0 Å². The van der Waals surface area contributed by atoms with Crippen molar-refractivity contribution in [2.75, 3.05) is 20.6 Å². The van der Waals surface area contributed by atoms with Gasteiger partial charge < -0.3 is 10.2 Å². The predicted octanol–water partition coefficient (Wildman–Crippen LogP) is 3.93. The van der Waals surface area contributed by atoms with Crippen LogP contribution < -0.4 is 5.32 Å². The van der Waals surface area contributed by atoms with Gasteiger partial charge >= 0.3 is 0 Å². The van der Waals surface area contributed by atoms with Crippen LogP contribution in [0, 0.1) is 19.8 Å². The highest BCUT2D eigenvalue weighted by atomic mass is 15.1. The fourth-order valence-corrected chi connectivity index (χ4v) is 2.87. The molecule has 2 heteroatoms. The van der Waals surface area contributed by atoms with E-state index in [1.54, 1.807) is 0 Å². The van der Waals surface area contributed by atoms with Crippen LogP contribution in [0.5, 0.6) is 0 Å². The van der Waals surface area contributed by atoms with Crippen molar-refractivity contribution in [2.45, 2.75) is 53.1 Å². The van der Waals surface area contributed by atoms with Crippen LogP contribution in [0.4, 0.5) is 0 Å². The Hall–Kier alpha value is -0.860. The molecule has 0 aliphatic heterocycles. The van der Waals surface area contributed by atoms with E-state index in [2.05, 4.69) is 77.1 Å². The lowest BCUT2D eigenvalue weighted by Gasteiger charge is -2.28. The first-order valence-electron chi connectivity index (χ1n) is 7.77. The van der Waals surface area contributed by atoms with Crippen LogP contribution in [0.25, 0.3) is 0 Å². The molecule has 2 unspecified atom stereocenters. The van der Waals surface area contributed by atoms with Crippen molar-refractivity contribution in [1.82, 2.24) is 10.2 Å². The molecule has 1 aromatic carbocycles. The molecule has 0 amide bonds. The number of hydrogen-bond acceptors (Lipinski definition) is 2. The lowest BCUT2D eigenvalue weighted by atomic mass is 9.97. The molecule has 0 aliphatic carbocycles. The average molecular weight is 276 g/mol. The summed E-state index contributed by atoms with van der Waals surface area (Å²) in [6.45, 7) is 12.3. The highest BCUT2D eigenvalue weighted by molar-refractivity contribution is 5.32. The van der Waals surface area contributed by atoms with E-state index in [9.17, 15) is 0 Å². The molecule has 1 N–H and O–H groups in total. The molecular weight excluding hydrogens is 244 g/mol. The molecule has 0 heterocycles. The summed E-state index contributed by atoms with van der Waals surface area (Å²) >= 11 is 0. The largest absolute Gasteiger partial charge is 0.308 e. The van der Waals surface area contributed by atoms with Gasteiger partial charge in [-0.15, -0.1) is 0 Å². The first-order chi connectivity index (χ1) is 9.29. The highest BCUT2D eigenvalue weighted by Gasteiger charge is 2.16. The molecule has 1 aromatic rings. The van der Waals surface area contributed by atoms with E-state index >= 15 is 0 Å². The number of benzene rings is 1. The minimum Gasteiger partial charge on any atom is -0.308 e. The van der Waals surface area contributed by atoms with Gasteiger partial charge in [0.25, 0.3) is 0 Å². The highest BCUT2D eigenvalue weighted by Crippen LogP contribution is 2.20. The monoisotopic (exact) mass is 276 g/mol. The first kappa shape index (κ1) is 17.2. The van der Waals surface area contributed by atoms with Gasteiger partial charge in [0, 0.05) is 18.6 Å². The van der Waals surface area contributed by atoms with Crippen LogP contribution in [0.2, 0.25) is 0 Å². The second-order valence-electron chi connectivity index (χ2n) is 6.84. The third-order valence-electron chi connectivity index (χ3n) is 3.73. The molecule has 2 atom stereocenters. The average Bonchev–Trinajstić information content (AvgIpc) is 2.30. The zero-order valence-corrected chi connectivity index (χ0v) is 14.3. The molecular formula is C18H32N2. The van der Waals surface area contributed by atoms with Gasteiger partial charge in [0.1, 0.15) is 0 Å². The molecule has 0 fully saturated rings. The summed E-state index contributed by atoms with van der Waals surface area (Å²) in [5.74, 6) is 0.721. The Balaban J connectivity index is 2.78. The third kappa shape index (κ3) is 5.64. The van der Waals surface area contributed by atoms with Gasteiger partial charge in [-0.1, -0.05) is 37.6 Å². The van der Waals surface area contributed by atoms with Crippen molar-refractivity contribution in [3.05, 3.63) is 34.9 Å². The van der Waals surface area contributed by atoms with Crippen LogP contribution in [-0.4, -0.2) is 31.6 Å². The van der Waals surface area contributed by atoms with E-state index in [0.29, 0.717) is 12.1 Å². The number of rotatable bonds is 7. The van der Waals surface area contributed by atoms with Gasteiger partial charge in [-0.25, -0.2) is 0 Å². The molecule has 0 aliphatic rings. The Morgan fingerprint density at radius 1 is 1.10 bits per heavy atom. The van der Waals surface area contributed by atoms with Crippen LogP contribution in [0.15, 0.2) is 18.2 Å². The van der Waals surface area contributed by atoms with E-state index < -0.39 is 0 Å². The number of aryl methyl sites for hydroxylation is 2. The summed E-state index contributed by atoms with van der Waals surface area (Å²) < 4.78 is 0. The quantitative estimate of drug-likeness (QED) is 0.811. The van der Waals surface area contributed by atoms with Gasteiger partial charge in [0.2, 0.25) is 0 Å². The summed E-state index contributed by atoms with van der Waals surface area (Å²) in [4.78, 5) is 2.27. The van der Waals surface area contributed by atoms with Crippen molar-refractivity contribution in [3.8, 4) is 0 Å².